The molecular weight excluding hydrogens is 490 g/mol. The Kier molecular flexibility index (Phi) is 11.0. The van der Waals surface area contributed by atoms with Gasteiger partial charge in [-0.3, -0.25) is 9.59 Å². The molecule has 0 heterocycles. The number of benzene rings is 2. The van der Waals surface area contributed by atoms with E-state index in [9.17, 15) is 14.4 Å². The molecule has 2 aromatic carbocycles. The van der Waals surface area contributed by atoms with Gasteiger partial charge in [0.25, 0.3) is 0 Å². The van der Waals surface area contributed by atoms with Gasteiger partial charge in [-0.1, -0.05) is 80.8 Å². The summed E-state index contributed by atoms with van der Waals surface area (Å²) in [5.41, 5.74) is 1.93. The summed E-state index contributed by atoms with van der Waals surface area (Å²) in [7, 11) is 0. The molecule has 1 aliphatic rings. The van der Waals surface area contributed by atoms with Gasteiger partial charge in [0.05, 0.1) is 0 Å². The molecule has 0 radical (unpaired) electrons. The van der Waals surface area contributed by atoms with Gasteiger partial charge < -0.3 is 20.3 Å². The van der Waals surface area contributed by atoms with Gasteiger partial charge in [-0.2, -0.15) is 0 Å². The molecule has 0 bridgehead atoms. The Bertz CT molecular complexity index is 1090. The average Bonchev–Trinajstić information content (AvgIpc) is 2.89. The van der Waals surface area contributed by atoms with Crippen LogP contribution in [0.3, 0.4) is 0 Å². The Morgan fingerprint density at radius 2 is 1.62 bits per heavy atom. The quantitative estimate of drug-likeness (QED) is 0.399. The van der Waals surface area contributed by atoms with Crippen molar-refractivity contribution in [3.63, 3.8) is 0 Å². The summed E-state index contributed by atoms with van der Waals surface area (Å²) in [5.74, 6) is -0.479. The molecule has 2 unspecified atom stereocenters. The number of hydrogen-bond donors (Lipinski definition) is 2. The first-order chi connectivity index (χ1) is 18.6. The molecule has 7 nitrogen and oxygen atoms in total. The van der Waals surface area contributed by atoms with Crippen molar-refractivity contribution in [3.05, 3.63) is 71.3 Å². The lowest BCUT2D eigenvalue weighted by atomic mass is 9.93. The molecule has 39 heavy (non-hydrogen) atoms. The summed E-state index contributed by atoms with van der Waals surface area (Å²) < 4.78 is 5.51. The molecule has 0 saturated heterocycles. The largest absolute Gasteiger partial charge is 0.444 e. The third kappa shape index (κ3) is 9.12. The zero-order valence-corrected chi connectivity index (χ0v) is 24.2. The van der Waals surface area contributed by atoms with Gasteiger partial charge in [0, 0.05) is 19.0 Å². The molecule has 3 amide bonds. The van der Waals surface area contributed by atoms with Crippen molar-refractivity contribution in [2.45, 2.75) is 103 Å². The lowest BCUT2D eigenvalue weighted by molar-refractivity contribution is -0.143. The van der Waals surface area contributed by atoms with Crippen LogP contribution in [0.5, 0.6) is 0 Å². The number of carbonyl (C=O) groups excluding carboxylic acids is 3. The second-order valence-electron chi connectivity index (χ2n) is 11.5. The predicted octanol–water partition coefficient (Wildman–Crippen LogP) is 5.86. The summed E-state index contributed by atoms with van der Waals surface area (Å²) in [6.45, 7) is 9.68. The maximum Gasteiger partial charge on any atom is 0.408 e. The number of amides is 3. The van der Waals surface area contributed by atoms with Crippen molar-refractivity contribution in [1.82, 2.24) is 15.5 Å². The van der Waals surface area contributed by atoms with Gasteiger partial charge in [-0.05, 0) is 63.6 Å². The highest BCUT2D eigenvalue weighted by atomic mass is 16.6. The number of nitrogens with one attached hydrogen (secondary N) is 2. The number of nitrogens with zero attached hydrogens (tertiary/aromatic N) is 1. The zero-order valence-electron chi connectivity index (χ0n) is 24.2. The van der Waals surface area contributed by atoms with Crippen LogP contribution in [-0.4, -0.2) is 47.0 Å². The molecule has 212 valence electrons. The minimum absolute atomic E-state index is 0.108. The van der Waals surface area contributed by atoms with Crippen molar-refractivity contribution >= 4 is 17.9 Å². The molecule has 2 atom stereocenters. The van der Waals surface area contributed by atoms with Crippen molar-refractivity contribution < 1.29 is 19.1 Å². The Hall–Kier alpha value is -3.35. The second kappa shape index (κ2) is 14.2. The van der Waals surface area contributed by atoms with Gasteiger partial charge >= 0.3 is 6.09 Å². The highest BCUT2D eigenvalue weighted by Crippen LogP contribution is 2.28. The summed E-state index contributed by atoms with van der Waals surface area (Å²) in [4.78, 5) is 42.8. The fourth-order valence-electron chi connectivity index (χ4n) is 5.18. The van der Waals surface area contributed by atoms with Gasteiger partial charge in [0.2, 0.25) is 11.8 Å². The van der Waals surface area contributed by atoms with Crippen LogP contribution >= 0.6 is 0 Å². The molecule has 1 saturated carbocycles. The molecule has 7 heteroatoms. The molecular formula is C32H45N3O4. The van der Waals surface area contributed by atoms with E-state index in [0.29, 0.717) is 13.0 Å². The molecule has 1 aliphatic carbocycles. The van der Waals surface area contributed by atoms with Crippen LogP contribution in [-0.2, 0) is 20.7 Å². The van der Waals surface area contributed by atoms with Crippen LogP contribution in [0.2, 0.25) is 0 Å². The van der Waals surface area contributed by atoms with E-state index in [1.807, 2.05) is 68.4 Å². The molecule has 2 N–H and O–H groups in total. The monoisotopic (exact) mass is 535 g/mol. The summed E-state index contributed by atoms with van der Waals surface area (Å²) in [6, 6.07) is 15.7. The number of ether oxygens (including phenoxy) is 1. The normalized spacial score (nSPS) is 15.6. The van der Waals surface area contributed by atoms with Crippen LogP contribution in [0.15, 0.2) is 54.6 Å². The van der Waals surface area contributed by atoms with Crippen LogP contribution < -0.4 is 10.6 Å². The first-order valence-corrected chi connectivity index (χ1v) is 14.3. The molecule has 0 aromatic heterocycles. The first-order valence-electron chi connectivity index (χ1n) is 14.3. The number of carbonyl (C=O) groups is 3. The average molecular weight is 536 g/mol. The Balaban J connectivity index is 1.98. The van der Waals surface area contributed by atoms with E-state index in [1.54, 1.807) is 25.7 Å². The Labute approximate surface area is 233 Å². The van der Waals surface area contributed by atoms with Crippen molar-refractivity contribution in [1.29, 1.82) is 0 Å². The van der Waals surface area contributed by atoms with E-state index in [-0.39, 0.29) is 24.3 Å². The van der Waals surface area contributed by atoms with Crippen LogP contribution in [0.1, 0.15) is 89.0 Å². The lowest BCUT2D eigenvalue weighted by Gasteiger charge is -2.36. The highest BCUT2D eigenvalue weighted by Gasteiger charge is 2.37. The highest BCUT2D eigenvalue weighted by molar-refractivity contribution is 5.92. The molecule has 2 aromatic rings. The molecule has 3 rings (SSSR count). The zero-order chi connectivity index (χ0) is 28.4. The summed E-state index contributed by atoms with van der Waals surface area (Å²) in [6.07, 6.45) is 5.56. The van der Waals surface area contributed by atoms with Crippen molar-refractivity contribution in [2.24, 2.45) is 0 Å². The topological polar surface area (TPSA) is 87.7 Å². The maximum absolute atomic E-state index is 14.3. The first kappa shape index (κ1) is 30.2. The van der Waals surface area contributed by atoms with Gasteiger partial charge in [0.15, 0.2) is 0 Å². The van der Waals surface area contributed by atoms with Crippen molar-refractivity contribution in [3.8, 4) is 0 Å². The van der Waals surface area contributed by atoms with E-state index >= 15 is 0 Å². The van der Waals surface area contributed by atoms with E-state index in [0.717, 1.165) is 42.4 Å². The minimum atomic E-state index is -0.900. The summed E-state index contributed by atoms with van der Waals surface area (Å²) >= 11 is 0. The van der Waals surface area contributed by atoms with Crippen LogP contribution in [0, 0.1) is 6.92 Å². The fraction of sp³-hybridized carbons (Fsp3) is 0.531. The minimum Gasteiger partial charge on any atom is -0.444 e. The van der Waals surface area contributed by atoms with E-state index < -0.39 is 23.8 Å². The maximum atomic E-state index is 14.3. The third-order valence-corrected chi connectivity index (χ3v) is 7.01. The fourth-order valence-corrected chi connectivity index (χ4v) is 5.18. The predicted molar refractivity (Wildman–Crippen MR) is 154 cm³/mol. The van der Waals surface area contributed by atoms with Gasteiger partial charge in [-0.15, -0.1) is 0 Å². The van der Waals surface area contributed by atoms with Crippen molar-refractivity contribution in [2.75, 3.05) is 6.54 Å². The second-order valence-corrected chi connectivity index (χ2v) is 11.5. The Morgan fingerprint density at radius 1 is 0.974 bits per heavy atom. The third-order valence-electron chi connectivity index (χ3n) is 7.01. The SMILES string of the molecule is CCCN(C(=O)C(Cc1ccccc1)NC(=O)OC(C)(C)C)C(C(=O)NC1CCCCC1)c1ccccc1C. The van der Waals surface area contributed by atoms with Crippen LogP contribution in [0.4, 0.5) is 4.79 Å². The van der Waals surface area contributed by atoms with E-state index in [1.165, 1.54) is 6.42 Å². The number of rotatable bonds is 10. The number of aryl methyl sites for hydroxylation is 1. The molecule has 1 fully saturated rings. The smallest absolute Gasteiger partial charge is 0.408 e. The van der Waals surface area contributed by atoms with Gasteiger partial charge in [0.1, 0.15) is 17.7 Å². The standard InChI is InChI=1S/C32H45N3O4/c1-6-21-35(28(26-20-14-13-15-23(26)2)29(36)33-25-18-11-8-12-19-25)30(37)27(22-24-16-9-7-10-17-24)34-31(38)39-32(3,4)5/h7,9-10,13-17,20,25,27-28H,6,8,11-12,18-19,21-22H2,1-5H3,(H,33,36)(H,34,38). The lowest BCUT2D eigenvalue weighted by Crippen LogP contribution is -2.54. The molecule has 0 aliphatic heterocycles. The summed E-state index contributed by atoms with van der Waals surface area (Å²) in [5, 5.41) is 6.07. The Morgan fingerprint density at radius 3 is 2.23 bits per heavy atom. The number of alkyl carbamates (subject to hydrolysis) is 1. The van der Waals surface area contributed by atoms with Gasteiger partial charge in [-0.25, -0.2) is 4.79 Å². The van der Waals surface area contributed by atoms with E-state index in [2.05, 4.69) is 10.6 Å². The molecule has 0 spiro atoms. The van der Waals surface area contributed by atoms with Crippen LogP contribution in [0.25, 0.3) is 0 Å². The van der Waals surface area contributed by atoms with E-state index in [4.69, 9.17) is 4.74 Å². The number of hydrogen-bond acceptors (Lipinski definition) is 4.